The van der Waals surface area contributed by atoms with Crippen LogP contribution in [0.1, 0.15) is 114 Å². The van der Waals surface area contributed by atoms with Gasteiger partial charge in [0.2, 0.25) is 5.92 Å². The summed E-state index contributed by atoms with van der Waals surface area (Å²) in [5.41, 5.74) is 2.01. The van der Waals surface area contributed by atoms with E-state index in [4.69, 9.17) is 15.6 Å². The summed E-state index contributed by atoms with van der Waals surface area (Å²) >= 11 is 0. The summed E-state index contributed by atoms with van der Waals surface area (Å²) in [5, 5.41) is 31.0. The highest BCUT2D eigenvalue weighted by atomic mass is 35.5. The third-order valence-electron chi connectivity index (χ3n) is 10.8. The predicted molar refractivity (Wildman–Crippen MR) is 193 cm³/mol. The van der Waals surface area contributed by atoms with Crippen molar-refractivity contribution >= 4 is 11.8 Å². The van der Waals surface area contributed by atoms with Gasteiger partial charge in [-0.15, -0.1) is 0 Å². The van der Waals surface area contributed by atoms with Gasteiger partial charge in [-0.05, 0) is 92.7 Å². The predicted octanol–water partition coefficient (Wildman–Crippen LogP) is 5.80. The molecule has 0 aliphatic heterocycles. The van der Waals surface area contributed by atoms with E-state index in [1.54, 1.807) is 0 Å². The van der Waals surface area contributed by atoms with E-state index in [1.807, 2.05) is 11.4 Å². The van der Waals surface area contributed by atoms with Crippen LogP contribution in [0.4, 0.5) is 48.3 Å². The van der Waals surface area contributed by atoms with Crippen molar-refractivity contribution in [2.24, 2.45) is 17.3 Å². The number of Topliss-reactive ketones (excluding diaryl/α,β-unsaturated/α-hetero) is 1. The number of carboxylic acids is 1. The Hall–Kier alpha value is -4.04. The molecule has 4 saturated carbocycles. The molecule has 4 fully saturated rings. The summed E-state index contributed by atoms with van der Waals surface area (Å²) in [6.07, 6.45) is -2.90. The molecular formula is C41H47ClF11N5O3. The highest BCUT2D eigenvalue weighted by Gasteiger charge is 2.50. The van der Waals surface area contributed by atoms with Crippen LogP contribution in [0.25, 0.3) is 0 Å². The Balaban J connectivity index is 0.000000290. The molecule has 0 heterocycles. The number of quaternary nitrogens is 1. The van der Waals surface area contributed by atoms with Crippen molar-refractivity contribution in [1.29, 1.82) is 10.5 Å². The Morgan fingerprint density at radius 3 is 1.57 bits per heavy atom. The zero-order valence-electron chi connectivity index (χ0n) is 33.0. The lowest BCUT2D eigenvalue weighted by Gasteiger charge is -2.30. The number of carbonyl (C=O) groups is 2. The molecule has 4 aliphatic rings. The Morgan fingerprint density at radius 2 is 1.21 bits per heavy atom. The van der Waals surface area contributed by atoms with E-state index in [9.17, 15) is 57.9 Å². The van der Waals surface area contributed by atoms with Gasteiger partial charge in [-0.25, -0.2) is 35.1 Å². The summed E-state index contributed by atoms with van der Waals surface area (Å²) in [7, 11) is 0. The fourth-order valence-electron chi connectivity index (χ4n) is 6.39. The number of halogens is 12. The zero-order chi connectivity index (χ0) is 44.8. The van der Waals surface area contributed by atoms with E-state index in [2.05, 4.69) is 17.1 Å². The van der Waals surface area contributed by atoms with Gasteiger partial charge in [-0.3, -0.25) is 20.2 Å². The fourth-order valence-corrected chi connectivity index (χ4v) is 6.39. The lowest BCUT2D eigenvalue weighted by atomic mass is 9.91. The maximum Gasteiger partial charge on any atom is 0.407 e. The summed E-state index contributed by atoms with van der Waals surface area (Å²) in [6.45, 7) is 1.52. The van der Waals surface area contributed by atoms with Crippen molar-refractivity contribution < 1.29 is 81.1 Å². The molecule has 0 saturated heterocycles. The van der Waals surface area contributed by atoms with Gasteiger partial charge in [0, 0.05) is 51.0 Å². The second-order valence-electron chi connectivity index (χ2n) is 16.7. The number of nitrogens with zero attached hydrogens (tertiary/aromatic N) is 2. The van der Waals surface area contributed by atoms with E-state index in [0.717, 1.165) is 37.8 Å². The first-order valence-corrected chi connectivity index (χ1v) is 19.5. The topological polar surface area (TPSA) is 154 Å². The minimum atomic E-state index is -5.07. The first kappa shape index (κ1) is 51.3. The normalized spacial score (nSPS) is 19.4. The summed E-state index contributed by atoms with van der Waals surface area (Å²) in [4.78, 5) is 23.9. The molecular weight excluding hydrogens is 855 g/mol. The second kappa shape index (κ2) is 20.4. The van der Waals surface area contributed by atoms with Gasteiger partial charge >= 0.3 is 12.1 Å². The molecule has 0 spiro atoms. The number of nitrogens with one attached hydrogen (secondary N) is 2. The number of hydrogen-bond acceptors (Lipinski definition) is 6. The summed E-state index contributed by atoms with van der Waals surface area (Å²) in [6, 6.07) is 1.93. The third kappa shape index (κ3) is 16.6. The first-order valence-electron chi connectivity index (χ1n) is 19.5. The van der Waals surface area contributed by atoms with Crippen LogP contribution in [0.2, 0.25) is 0 Å². The third-order valence-corrected chi connectivity index (χ3v) is 10.8. The standard InChI is InChI=1S/C21H21F7N2O.C16H19F4NO2.C4H6N2.ClH/c22-14-4-3-13(7-15(14)23)18(21(26,27)28)30-16(9-20(24,25)8-12-1-2-12)17(31)10-19(11-29)5-6-19;1-9(11-4-5-12(17)13(18)6-11)21-14(15(22)23)8-16(19,20)7-10-2-3-10;5-3-4(6)1-2-4;/h3-4,7,12,16,18,30H,1-2,5-6,8-10H2;4-6,9-10,14,21H,2-3,7-8H2,1H3,(H,22,23);1-2,6H2;1H/t16-,18-;9?,14-;;/m00../s1. The van der Waals surface area contributed by atoms with Crippen molar-refractivity contribution in [3.8, 4) is 12.1 Å². The molecule has 2 aromatic rings. The molecule has 4 atom stereocenters. The van der Waals surface area contributed by atoms with Crippen LogP contribution in [-0.4, -0.2) is 52.5 Å². The monoisotopic (exact) mass is 901 g/mol. The number of benzene rings is 2. The van der Waals surface area contributed by atoms with Gasteiger partial charge in [-0.2, -0.15) is 23.7 Å². The first-order chi connectivity index (χ1) is 27.8. The maximum absolute atomic E-state index is 14.5. The number of hydrogen-bond donors (Lipinski definition) is 4. The average Bonchev–Trinajstić information content (AvgIpc) is 3.92. The SMILES string of the molecule is CC(N[C@@H](CC(F)(F)CC1CC1)C(=O)O)c1ccc(F)c(F)c1.N#CC1(CC(=O)[C@H](CC(F)(F)CC2CC2)N[C@@H](c2ccc(F)c(F)c2)C(F)(F)F)CC1.N#CC1([NH3+])CC1.[Cl-]. The molecule has 0 aromatic heterocycles. The van der Waals surface area contributed by atoms with Gasteiger partial charge < -0.3 is 23.2 Å². The van der Waals surface area contributed by atoms with Crippen LogP contribution >= 0.6 is 0 Å². The van der Waals surface area contributed by atoms with Crippen molar-refractivity contribution in [1.82, 2.24) is 10.6 Å². The number of aliphatic carboxylic acids is 1. The zero-order valence-corrected chi connectivity index (χ0v) is 33.8. The summed E-state index contributed by atoms with van der Waals surface area (Å²) in [5.74, 6) is -14.0. The summed E-state index contributed by atoms with van der Waals surface area (Å²) < 4.78 is 151. The minimum absolute atomic E-state index is 0. The molecule has 4 aliphatic carbocycles. The van der Waals surface area contributed by atoms with Crippen molar-refractivity contribution in [2.75, 3.05) is 0 Å². The average molecular weight is 902 g/mol. The van der Waals surface area contributed by atoms with Crippen LogP contribution < -0.4 is 28.8 Å². The molecule has 6 rings (SSSR count). The van der Waals surface area contributed by atoms with Gasteiger partial charge in [0.25, 0.3) is 5.92 Å². The quantitative estimate of drug-likeness (QED) is 0.138. The Kier molecular flexibility index (Phi) is 17.2. The second-order valence-corrected chi connectivity index (χ2v) is 16.7. The Morgan fingerprint density at radius 1 is 0.754 bits per heavy atom. The molecule has 8 nitrogen and oxygen atoms in total. The number of carbonyl (C=O) groups excluding carboxylic acids is 1. The van der Waals surface area contributed by atoms with Crippen LogP contribution in [0.5, 0.6) is 0 Å². The smallest absolute Gasteiger partial charge is 0.407 e. The van der Waals surface area contributed by atoms with E-state index < -0.39 is 114 Å². The minimum Gasteiger partial charge on any atom is -1.00 e. The van der Waals surface area contributed by atoms with Crippen LogP contribution in [-0.2, 0) is 9.59 Å². The van der Waals surface area contributed by atoms with E-state index in [0.29, 0.717) is 49.4 Å². The number of rotatable bonds is 18. The van der Waals surface area contributed by atoms with Gasteiger partial charge in [0.15, 0.2) is 34.6 Å². The van der Waals surface area contributed by atoms with Crippen molar-refractivity contribution in [3.05, 3.63) is 70.8 Å². The lowest BCUT2D eigenvalue weighted by molar-refractivity contribution is -0.417. The molecule has 0 bridgehead atoms. The van der Waals surface area contributed by atoms with Gasteiger partial charge in [0.05, 0.1) is 17.5 Å². The van der Waals surface area contributed by atoms with E-state index in [1.165, 1.54) is 13.0 Å². The number of carboxylic acid groups (broad SMARTS) is 1. The molecule has 338 valence electrons. The molecule has 0 radical (unpaired) electrons. The Labute approximate surface area is 351 Å². The molecule has 20 heteroatoms. The van der Waals surface area contributed by atoms with Crippen LogP contribution in [0.15, 0.2) is 36.4 Å². The molecule has 6 N–H and O–H groups in total. The molecule has 61 heavy (non-hydrogen) atoms. The number of nitriles is 2. The maximum atomic E-state index is 14.5. The van der Waals surface area contributed by atoms with Crippen molar-refractivity contribution in [2.45, 2.75) is 138 Å². The fraction of sp³-hybridized carbons (Fsp3) is 0.610. The van der Waals surface area contributed by atoms with E-state index >= 15 is 0 Å². The van der Waals surface area contributed by atoms with Gasteiger partial charge in [0.1, 0.15) is 18.2 Å². The van der Waals surface area contributed by atoms with Crippen LogP contribution in [0.3, 0.4) is 0 Å². The highest BCUT2D eigenvalue weighted by Crippen LogP contribution is 2.49. The largest absolute Gasteiger partial charge is 1.00 e. The lowest BCUT2D eigenvalue weighted by Crippen LogP contribution is -3.00. The van der Waals surface area contributed by atoms with Crippen LogP contribution in [0, 0.1) is 63.2 Å². The molecule has 1 unspecified atom stereocenters. The van der Waals surface area contributed by atoms with E-state index in [-0.39, 0.29) is 36.2 Å². The number of ketones is 1. The Bertz CT molecular complexity index is 1920. The molecule has 2 aromatic carbocycles. The molecule has 0 amide bonds. The van der Waals surface area contributed by atoms with Gasteiger partial charge in [-0.1, -0.05) is 12.1 Å². The highest BCUT2D eigenvalue weighted by molar-refractivity contribution is 5.85. The number of alkyl halides is 7. The van der Waals surface area contributed by atoms with Crippen molar-refractivity contribution in [3.63, 3.8) is 0 Å².